The molecule has 22 heavy (non-hydrogen) atoms. The highest BCUT2D eigenvalue weighted by atomic mass is 16.5. The van der Waals surface area contributed by atoms with E-state index in [0.29, 0.717) is 6.04 Å². The van der Waals surface area contributed by atoms with E-state index in [2.05, 4.69) is 47.4 Å². The molecule has 0 amide bonds. The van der Waals surface area contributed by atoms with Crippen LogP contribution < -0.4 is 0 Å². The van der Waals surface area contributed by atoms with Gasteiger partial charge in [0.05, 0.1) is 6.61 Å². The molecule has 1 N–H and O–H groups in total. The molecular weight excluding hydrogens is 272 g/mol. The van der Waals surface area contributed by atoms with Crippen molar-refractivity contribution in [3.05, 3.63) is 41.6 Å². The zero-order valence-electron chi connectivity index (χ0n) is 13.3. The topological polar surface area (TPSA) is 28.3 Å². The molecule has 1 unspecified atom stereocenters. The number of nitrogens with zero attached hydrogens (tertiary/aromatic N) is 1. The van der Waals surface area contributed by atoms with Crippen LogP contribution in [-0.4, -0.2) is 36.1 Å². The normalized spacial score (nSPS) is 22.8. The van der Waals surface area contributed by atoms with Gasteiger partial charge in [-0.05, 0) is 75.5 Å². The first kappa shape index (κ1) is 13.9. The van der Waals surface area contributed by atoms with Crippen molar-refractivity contribution in [2.24, 2.45) is 0 Å². The molecule has 1 aromatic carbocycles. The van der Waals surface area contributed by atoms with Crippen LogP contribution in [0, 0.1) is 0 Å². The number of benzene rings is 1. The van der Waals surface area contributed by atoms with Gasteiger partial charge in [-0.15, -0.1) is 0 Å². The van der Waals surface area contributed by atoms with Crippen molar-refractivity contribution in [1.29, 1.82) is 0 Å². The molecule has 1 atom stereocenters. The van der Waals surface area contributed by atoms with E-state index in [1.165, 1.54) is 41.4 Å². The Morgan fingerprint density at radius 2 is 2.27 bits per heavy atom. The zero-order chi connectivity index (χ0) is 14.9. The van der Waals surface area contributed by atoms with Gasteiger partial charge in [0, 0.05) is 28.7 Å². The molecule has 0 aliphatic carbocycles. The van der Waals surface area contributed by atoms with Crippen molar-refractivity contribution < 1.29 is 4.74 Å². The third kappa shape index (κ3) is 2.54. The molecule has 4 rings (SSSR count). The van der Waals surface area contributed by atoms with E-state index in [-0.39, 0.29) is 0 Å². The number of aromatic amines is 1. The van der Waals surface area contributed by atoms with E-state index in [4.69, 9.17) is 4.74 Å². The molecule has 0 saturated carbocycles. The van der Waals surface area contributed by atoms with E-state index in [9.17, 15) is 0 Å². The van der Waals surface area contributed by atoms with Crippen molar-refractivity contribution in [3.63, 3.8) is 0 Å². The quantitative estimate of drug-likeness (QED) is 0.928. The SMILES string of the molecule is CN1CCCC1Cc1c[nH]c2ccc(C3=CCCCO3)cc12. The van der Waals surface area contributed by atoms with Crippen molar-refractivity contribution in [2.75, 3.05) is 20.2 Å². The summed E-state index contributed by atoms with van der Waals surface area (Å²) < 4.78 is 5.82. The second-order valence-electron chi connectivity index (χ2n) is 6.61. The lowest BCUT2D eigenvalue weighted by Crippen LogP contribution is -2.26. The minimum absolute atomic E-state index is 0.688. The number of ether oxygens (including phenoxy) is 1. The number of aromatic nitrogens is 1. The average Bonchev–Trinajstić information content (AvgIpc) is 3.15. The van der Waals surface area contributed by atoms with Gasteiger partial charge in [0.2, 0.25) is 0 Å². The fraction of sp³-hybridized carbons (Fsp3) is 0.474. The lowest BCUT2D eigenvalue weighted by Gasteiger charge is -2.19. The molecule has 0 bridgehead atoms. The summed E-state index contributed by atoms with van der Waals surface area (Å²) in [7, 11) is 2.25. The van der Waals surface area contributed by atoms with Crippen molar-refractivity contribution in [1.82, 2.24) is 9.88 Å². The summed E-state index contributed by atoms with van der Waals surface area (Å²) in [5.74, 6) is 1.05. The molecule has 0 radical (unpaired) electrons. The van der Waals surface area contributed by atoms with Gasteiger partial charge in [-0.3, -0.25) is 0 Å². The van der Waals surface area contributed by atoms with Crippen LogP contribution >= 0.6 is 0 Å². The second-order valence-corrected chi connectivity index (χ2v) is 6.61. The molecule has 3 heterocycles. The Morgan fingerprint density at radius 3 is 3.05 bits per heavy atom. The Kier molecular flexibility index (Phi) is 3.67. The van der Waals surface area contributed by atoms with Gasteiger partial charge in [-0.2, -0.15) is 0 Å². The minimum Gasteiger partial charge on any atom is -0.493 e. The first-order valence-corrected chi connectivity index (χ1v) is 8.45. The van der Waals surface area contributed by atoms with E-state index in [0.717, 1.165) is 31.6 Å². The monoisotopic (exact) mass is 296 g/mol. The Hall–Kier alpha value is -1.74. The summed E-state index contributed by atoms with van der Waals surface area (Å²) in [5.41, 5.74) is 3.88. The molecule has 116 valence electrons. The third-order valence-corrected chi connectivity index (χ3v) is 5.11. The molecule has 0 spiro atoms. The Bertz CT molecular complexity index is 701. The van der Waals surface area contributed by atoms with Gasteiger partial charge >= 0.3 is 0 Å². The Morgan fingerprint density at radius 1 is 1.32 bits per heavy atom. The summed E-state index contributed by atoms with van der Waals surface area (Å²) in [6.07, 6.45) is 10.5. The van der Waals surface area contributed by atoms with Crippen LogP contribution in [0.25, 0.3) is 16.7 Å². The number of likely N-dealkylation sites (tertiary alicyclic amines) is 1. The summed E-state index contributed by atoms with van der Waals surface area (Å²) in [6.45, 7) is 2.08. The molecular formula is C19H24N2O. The Balaban J connectivity index is 1.66. The molecule has 1 saturated heterocycles. The zero-order valence-corrected chi connectivity index (χ0v) is 13.3. The molecule has 3 heteroatoms. The van der Waals surface area contributed by atoms with E-state index >= 15 is 0 Å². The lowest BCUT2D eigenvalue weighted by molar-refractivity contribution is 0.259. The lowest BCUT2D eigenvalue weighted by atomic mass is 10.0. The number of rotatable bonds is 3. The van der Waals surface area contributed by atoms with Gasteiger partial charge in [-0.1, -0.05) is 0 Å². The highest BCUT2D eigenvalue weighted by Crippen LogP contribution is 2.29. The van der Waals surface area contributed by atoms with Crippen LogP contribution in [0.1, 0.15) is 36.8 Å². The third-order valence-electron chi connectivity index (χ3n) is 5.11. The van der Waals surface area contributed by atoms with E-state index < -0.39 is 0 Å². The average molecular weight is 296 g/mol. The summed E-state index contributed by atoms with van der Waals surface area (Å²) in [6, 6.07) is 7.34. The maximum absolute atomic E-state index is 5.82. The summed E-state index contributed by atoms with van der Waals surface area (Å²) >= 11 is 0. The molecule has 1 fully saturated rings. The largest absolute Gasteiger partial charge is 0.493 e. The standard InChI is InChI=1S/C19H24N2O/c1-21-9-4-5-16(21)11-15-13-20-18-8-7-14(12-17(15)18)19-6-2-3-10-22-19/h6-8,12-13,16,20H,2-5,9-11H2,1H3. The molecule has 2 aliphatic heterocycles. The van der Waals surface area contributed by atoms with Crippen LogP contribution in [0.4, 0.5) is 0 Å². The van der Waals surface area contributed by atoms with Crippen LogP contribution in [0.3, 0.4) is 0 Å². The van der Waals surface area contributed by atoms with E-state index in [1.807, 2.05) is 0 Å². The minimum atomic E-state index is 0.688. The fourth-order valence-corrected chi connectivity index (χ4v) is 3.75. The summed E-state index contributed by atoms with van der Waals surface area (Å²) in [4.78, 5) is 5.92. The summed E-state index contributed by atoms with van der Waals surface area (Å²) in [5, 5.41) is 1.35. The number of hydrogen-bond acceptors (Lipinski definition) is 2. The smallest absolute Gasteiger partial charge is 0.122 e. The van der Waals surface area contributed by atoms with Crippen molar-refractivity contribution in [3.8, 4) is 0 Å². The Labute approximate surface area is 132 Å². The van der Waals surface area contributed by atoms with Crippen LogP contribution in [0.15, 0.2) is 30.5 Å². The first-order chi connectivity index (χ1) is 10.8. The molecule has 3 nitrogen and oxygen atoms in total. The number of H-pyrrole nitrogens is 1. The number of likely N-dealkylation sites (N-methyl/N-ethyl adjacent to an activating group) is 1. The number of allylic oxidation sites excluding steroid dienone is 1. The molecule has 2 aromatic rings. The van der Waals surface area contributed by atoms with Gasteiger partial charge in [0.1, 0.15) is 5.76 Å². The van der Waals surface area contributed by atoms with Crippen LogP contribution in [0.2, 0.25) is 0 Å². The van der Waals surface area contributed by atoms with Gasteiger partial charge in [0.25, 0.3) is 0 Å². The number of hydrogen-bond donors (Lipinski definition) is 1. The number of nitrogens with one attached hydrogen (secondary N) is 1. The highest BCUT2D eigenvalue weighted by Gasteiger charge is 2.22. The van der Waals surface area contributed by atoms with Gasteiger partial charge < -0.3 is 14.6 Å². The van der Waals surface area contributed by atoms with Gasteiger partial charge in [0.15, 0.2) is 0 Å². The van der Waals surface area contributed by atoms with Crippen LogP contribution in [0.5, 0.6) is 0 Å². The molecule has 1 aromatic heterocycles. The van der Waals surface area contributed by atoms with Crippen molar-refractivity contribution >= 4 is 16.7 Å². The van der Waals surface area contributed by atoms with Crippen molar-refractivity contribution in [2.45, 2.75) is 38.1 Å². The maximum Gasteiger partial charge on any atom is 0.122 e. The predicted molar refractivity (Wildman–Crippen MR) is 90.8 cm³/mol. The number of fused-ring (bicyclic) bond motifs is 1. The maximum atomic E-state index is 5.82. The van der Waals surface area contributed by atoms with E-state index in [1.54, 1.807) is 0 Å². The van der Waals surface area contributed by atoms with Crippen LogP contribution in [-0.2, 0) is 11.2 Å². The fourth-order valence-electron chi connectivity index (χ4n) is 3.75. The van der Waals surface area contributed by atoms with Gasteiger partial charge in [-0.25, -0.2) is 0 Å². The first-order valence-electron chi connectivity index (χ1n) is 8.45. The highest BCUT2D eigenvalue weighted by molar-refractivity contribution is 5.86. The second kappa shape index (κ2) is 5.81. The molecule has 2 aliphatic rings. The predicted octanol–water partition coefficient (Wildman–Crippen LogP) is 3.96.